The molecule has 0 aliphatic heterocycles. The molecule has 0 saturated carbocycles. The van der Waals surface area contributed by atoms with E-state index in [1.165, 1.54) is 82.8 Å². The van der Waals surface area contributed by atoms with E-state index in [1.54, 1.807) is 0 Å². The van der Waals surface area contributed by atoms with Gasteiger partial charge in [0.2, 0.25) is 0 Å². The predicted molar refractivity (Wildman–Crippen MR) is 246 cm³/mol. The molecule has 6 heteroatoms. The molecule has 4 aromatic heterocycles. The minimum atomic E-state index is 0.666. The van der Waals surface area contributed by atoms with E-state index in [0.29, 0.717) is 17.5 Å². The zero-order valence-electron chi connectivity index (χ0n) is 30.3. The van der Waals surface area contributed by atoms with E-state index in [1.807, 2.05) is 94.7 Å². The largest absolute Gasteiger partial charge is 0.208 e. The van der Waals surface area contributed by atoms with E-state index in [9.17, 15) is 0 Å². The molecule has 4 heterocycles. The van der Waals surface area contributed by atoms with Gasteiger partial charge in [-0.05, 0) is 71.3 Å². The molecule has 0 radical (unpaired) electrons. The number of hydrogen-bond donors (Lipinski definition) is 0. The number of aromatic nitrogens is 3. The van der Waals surface area contributed by atoms with E-state index < -0.39 is 0 Å². The fourth-order valence-corrected chi connectivity index (χ4v) is 11.6. The first-order chi connectivity index (χ1) is 28.2. The minimum Gasteiger partial charge on any atom is -0.208 e. The predicted octanol–water partition coefficient (Wildman–Crippen LogP) is 15.3. The summed E-state index contributed by atoms with van der Waals surface area (Å²) in [6, 6.07) is 63.3. The molecule has 0 atom stereocenters. The van der Waals surface area contributed by atoms with Crippen LogP contribution in [0.4, 0.5) is 0 Å². The first kappa shape index (κ1) is 32.7. The van der Waals surface area contributed by atoms with Gasteiger partial charge in [-0.15, -0.1) is 34.0 Å². The van der Waals surface area contributed by atoms with Gasteiger partial charge < -0.3 is 0 Å². The lowest BCUT2D eigenvalue weighted by Crippen LogP contribution is -1.99. The van der Waals surface area contributed by atoms with Gasteiger partial charge in [-0.1, -0.05) is 121 Å². The Morgan fingerprint density at radius 2 is 0.737 bits per heavy atom. The molecule has 0 N–H and O–H groups in total. The van der Waals surface area contributed by atoms with Crippen molar-refractivity contribution in [3.63, 3.8) is 0 Å². The van der Waals surface area contributed by atoms with Gasteiger partial charge >= 0.3 is 0 Å². The van der Waals surface area contributed by atoms with E-state index in [0.717, 1.165) is 16.7 Å². The Labute approximate surface area is 339 Å². The molecule has 266 valence electrons. The molecule has 0 spiro atoms. The molecule has 57 heavy (non-hydrogen) atoms. The average Bonchev–Trinajstić information content (AvgIpc) is 3.97. The number of thiophene rings is 3. The van der Waals surface area contributed by atoms with Crippen LogP contribution in [0.1, 0.15) is 0 Å². The first-order valence-corrected chi connectivity index (χ1v) is 21.4. The van der Waals surface area contributed by atoms with Crippen molar-refractivity contribution in [2.75, 3.05) is 0 Å². The number of benzene rings is 8. The van der Waals surface area contributed by atoms with Crippen molar-refractivity contribution >= 4 is 94.5 Å². The standard InChI is InChI=1S/C51H29N3S3/c1-3-11-30(12-4-1)49-52-50(31-13-5-2-6-14-31)54-51(53-49)34-19-22-38-41-26-33(21-24-46(41)56-47(38)29-34)39-27-35(28-42-37-16-8-10-18-44(37)57-48(39)42)32-20-23-45-40(25-32)36-15-7-9-17-43(36)55-45/h1-29H. The highest BCUT2D eigenvalue weighted by molar-refractivity contribution is 7.27. The lowest BCUT2D eigenvalue weighted by atomic mass is 9.94. The highest BCUT2D eigenvalue weighted by Crippen LogP contribution is 2.46. The third-order valence-electron chi connectivity index (χ3n) is 10.9. The van der Waals surface area contributed by atoms with Crippen molar-refractivity contribution in [3.8, 4) is 56.4 Å². The van der Waals surface area contributed by atoms with Crippen molar-refractivity contribution in [1.82, 2.24) is 15.0 Å². The molecule has 3 nitrogen and oxygen atoms in total. The Hall–Kier alpha value is -6.57. The molecule has 0 fully saturated rings. The van der Waals surface area contributed by atoms with Crippen LogP contribution in [0.3, 0.4) is 0 Å². The summed E-state index contributed by atoms with van der Waals surface area (Å²) in [7, 11) is 0. The van der Waals surface area contributed by atoms with Crippen LogP contribution in [-0.2, 0) is 0 Å². The van der Waals surface area contributed by atoms with E-state index in [-0.39, 0.29) is 0 Å². The van der Waals surface area contributed by atoms with Crippen molar-refractivity contribution in [2.45, 2.75) is 0 Å². The van der Waals surface area contributed by atoms with Gasteiger partial charge in [-0.3, -0.25) is 0 Å². The molecule has 12 rings (SSSR count). The molecular weight excluding hydrogens is 751 g/mol. The van der Waals surface area contributed by atoms with Gasteiger partial charge in [0.25, 0.3) is 0 Å². The quantitative estimate of drug-likeness (QED) is 0.175. The van der Waals surface area contributed by atoms with Crippen molar-refractivity contribution < 1.29 is 0 Å². The average molecular weight is 780 g/mol. The molecule has 8 aromatic carbocycles. The van der Waals surface area contributed by atoms with Gasteiger partial charge in [0.05, 0.1) is 0 Å². The molecule has 0 aliphatic carbocycles. The maximum Gasteiger partial charge on any atom is 0.164 e. The third kappa shape index (κ3) is 5.48. The minimum absolute atomic E-state index is 0.666. The second-order valence-corrected chi connectivity index (χ2v) is 17.6. The maximum absolute atomic E-state index is 5.01. The zero-order valence-corrected chi connectivity index (χ0v) is 32.8. The molecular formula is C51H29N3S3. The van der Waals surface area contributed by atoms with Crippen LogP contribution >= 0.6 is 34.0 Å². The first-order valence-electron chi connectivity index (χ1n) is 18.9. The molecule has 0 amide bonds. The highest BCUT2D eigenvalue weighted by Gasteiger charge is 2.18. The SMILES string of the molecule is c1ccc(-c2nc(-c3ccccc3)nc(-c3ccc4c(c3)sc3ccc(-c5cc(-c6ccc7sc8ccccc8c7c6)cc6c5sc5ccccc56)cc34)n2)cc1. The monoisotopic (exact) mass is 779 g/mol. The van der Waals surface area contributed by atoms with Crippen LogP contribution < -0.4 is 0 Å². The second kappa shape index (κ2) is 13.0. The number of hydrogen-bond acceptors (Lipinski definition) is 6. The molecule has 0 aliphatic rings. The lowest BCUT2D eigenvalue weighted by molar-refractivity contribution is 1.07. The van der Waals surface area contributed by atoms with E-state index >= 15 is 0 Å². The Morgan fingerprint density at radius 1 is 0.263 bits per heavy atom. The summed E-state index contributed by atoms with van der Waals surface area (Å²) < 4.78 is 7.75. The van der Waals surface area contributed by atoms with Crippen molar-refractivity contribution in [3.05, 3.63) is 176 Å². The smallest absolute Gasteiger partial charge is 0.164 e. The van der Waals surface area contributed by atoms with Gasteiger partial charge in [-0.2, -0.15) is 0 Å². The van der Waals surface area contributed by atoms with Gasteiger partial charge in [-0.25, -0.2) is 15.0 Å². The van der Waals surface area contributed by atoms with Crippen LogP contribution in [0, 0.1) is 0 Å². The zero-order chi connectivity index (χ0) is 37.5. The fourth-order valence-electron chi connectivity index (χ4n) is 8.14. The molecule has 0 unspecified atom stereocenters. The molecule has 0 bridgehead atoms. The third-order valence-corrected chi connectivity index (χ3v) is 14.4. The summed E-state index contributed by atoms with van der Waals surface area (Å²) in [5.41, 5.74) is 7.87. The van der Waals surface area contributed by atoms with Gasteiger partial charge in [0.15, 0.2) is 17.5 Å². The van der Waals surface area contributed by atoms with E-state index in [4.69, 9.17) is 15.0 Å². The van der Waals surface area contributed by atoms with Crippen LogP contribution in [0.5, 0.6) is 0 Å². The maximum atomic E-state index is 5.01. The Kier molecular flexibility index (Phi) is 7.45. The fraction of sp³-hybridized carbons (Fsp3) is 0. The van der Waals surface area contributed by atoms with Crippen LogP contribution in [-0.4, -0.2) is 15.0 Å². The summed E-state index contributed by atoms with van der Waals surface area (Å²) in [5, 5.41) is 7.75. The number of nitrogens with zero attached hydrogens (tertiary/aromatic N) is 3. The summed E-state index contributed by atoms with van der Waals surface area (Å²) in [5.74, 6) is 2.00. The van der Waals surface area contributed by atoms with Crippen LogP contribution in [0.25, 0.3) is 117 Å². The summed E-state index contributed by atoms with van der Waals surface area (Å²) in [6.45, 7) is 0. The van der Waals surface area contributed by atoms with Crippen LogP contribution in [0.2, 0.25) is 0 Å². The summed E-state index contributed by atoms with van der Waals surface area (Å²) >= 11 is 5.57. The number of fused-ring (bicyclic) bond motifs is 9. The number of rotatable bonds is 5. The highest BCUT2D eigenvalue weighted by atomic mass is 32.1. The topological polar surface area (TPSA) is 38.7 Å². The Bertz CT molecular complexity index is 3470. The Morgan fingerprint density at radius 3 is 1.42 bits per heavy atom. The normalized spacial score (nSPS) is 11.9. The van der Waals surface area contributed by atoms with Gasteiger partial charge in [0, 0.05) is 82.8 Å². The van der Waals surface area contributed by atoms with Gasteiger partial charge in [0.1, 0.15) is 0 Å². The summed E-state index contributed by atoms with van der Waals surface area (Å²) in [6.07, 6.45) is 0. The summed E-state index contributed by atoms with van der Waals surface area (Å²) in [4.78, 5) is 14.9. The lowest BCUT2D eigenvalue weighted by Gasteiger charge is -2.10. The van der Waals surface area contributed by atoms with E-state index in [2.05, 4.69) is 115 Å². The second-order valence-electron chi connectivity index (χ2n) is 14.4. The van der Waals surface area contributed by atoms with Crippen molar-refractivity contribution in [1.29, 1.82) is 0 Å². The van der Waals surface area contributed by atoms with Crippen molar-refractivity contribution in [2.24, 2.45) is 0 Å². The van der Waals surface area contributed by atoms with Crippen LogP contribution in [0.15, 0.2) is 176 Å². The molecule has 12 aromatic rings. The molecule has 0 saturated heterocycles. The Balaban J connectivity index is 1.01.